The lowest BCUT2D eigenvalue weighted by Crippen LogP contribution is -2.14. The number of aryl methyl sites for hydroxylation is 2. The van der Waals surface area contributed by atoms with Crippen LogP contribution >= 0.6 is 0 Å². The molecule has 206 valence electrons. The first-order valence-electron chi connectivity index (χ1n) is 14.2. The molecule has 0 N–H and O–H groups in total. The van der Waals surface area contributed by atoms with Gasteiger partial charge in [-0.1, -0.05) is 96.6 Å². The molecule has 0 saturated heterocycles. The highest BCUT2D eigenvalue weighted by Gasteiger charge is 2.23. The van der Waals surface area contributed by atoms with E-state index in [1.807, 2.05) is 43.3 Å². The van der Waals surface area contributed by atoms with Gasteiger partial charge >= 0.3 is 12.3 Å². The van der Waals surface area contributed by atoms with E-state index in [4.69, 9.17) is 18.9 Å². The van der Waals surface area contributed by atoms with Crippen LogP contribution in [0.2, 0.25) is 0 Å². The Labute approximate surface area is 226 Å². The molecule has 6 heteroatoms. The third-order valence-corrected chi connectivity index (χ3v) is 6.79. The Morgan fingerprint density at radius 2 is 1.26 bits per heavy atom. The van der Waals surface area contributed by atoms with Crippen LogP contribution in [-0.4, -0.2) is 25.5 Å². The molecule has 3 aromatic carbocycles. The minimum absolute atomic E-state index is 0.320. The standard InChI is InChI=1S/C32H42O6/c1-5-9-11-13-20-35-31(33)37-29-26-17-15-16-24(8-4)28(26)30(25-19-18-23(7-3)22-27(25)29)38-32(34)36-21-14-12-10-6-2/h15-19,22H,5-14,20-21H2,1-4H3. The molecule has 0 fully saturated rings. The van der Waals surface area contributed by atoms with Gasteiger partial charge in [0, 0.05) is 21.5 Å². The molecule has 0 unspecified atom stereocenters. The Morgan fingerprint density at radius 3 is 1.84 bits per heavy atom. The highest BCUT2D eigenvalue weighted by atomic mass is 16.7. The Morgan fingerprint density at radius 1 is 0.632 bits per heavy atom. The van der Waals surface area contributed by atoms with Gasteiger partial charge in [0.25, 0.3) is 0 Å². The molecular weight excluding hydrogens is 480 g/mol. The van der Waals surface area contributed by atoms with Gasteiger partial charge in [-0.05, 0) is 42.9 Å². The van der Waals surface area contributed by atoms with Crippen LogP contribution in [-0.2, 0) is 22.3 Å². The third kappa shape index (κ3) is 7.62. The molecule has 0 aromatic heterocycles. The summed E-state index contributed by atoms with van der Waals surface area (Å²) in [5.41, 5.74) is 2.05. The summed E-state index contributed by atoms with van der Waals surface area (Å²) >= 11 is 0. The first-order valence-corrected chi connectivity index (χ1v) is 14.2. The third-order valence-electron chi connectivity index (χ3n) is 6.79. The molecule has 0 atom stereocenters. The molecule has 0 aliphatic heterocycles. The van der Waals surface area contributed by atoms with Crippen LogP contribution in [0.1, 0.15) is 90.2 Å². The van der Waals surface area contributed by atoms with Gasteiger partial charge in [-0.25, -0.2) is 9.59 Å². The zero-order chi connectivity index (χ0) is 27.3. The van der Waals surface area contributed by atoms with E-state index < -0.39 is 12.3 Å². The monoisotopic (exact) mass is 522 g/mol. The van der Waals surface area contributed by atoms with Gasteiger partial charge in [0.15, 0.2) is 5.75 Å². The van der Waals surface area contributed by atoms with Gasteiger partial charge in [0.1, 0.15) is 5.75 Å². The SMILES string of the molecule is CCCCCCOC(=O)Oc1c2cc(CC)ccc2c(OC(=O)OCCCCCC)c2c(CC)cccc12. The summed E-state index contributed by atoms with van der Waals surface area (Å²) < 4.78 is 22.6. The molecule has 0 saturated carbocycles. The number of benzene rings is 3. The lowest BCUT2D eigenvalue weighted by molar-refractivity contribution is 0.0965. The highest BCUT2D eigenvalue weighted by Crippen LogP contribution is 2.45. The molecule has 0 amide bonds. The van der Waals surface area contributed by atoms with Crippen LogP contribution in [0.4, 0.5) is 9.59 Å². The van der Waals surface area contributed by atoms with Gasteiger partial charge in [0.05, 0.1) is 13.2 Å². The second-order valence-electron chi connectivity index (χ2n) is 9.61. The Kier molecular flexibility index (Phi) is 11.7. The van der Waals surface area contributed by atoms with Crippen LogP contribution < -0.4 is 9.47 Å². The van der Waals surface area contributed by atoms with Gasteiger partial charge < -0.3 is 18.9 Å². The van der Waals surface area contributed by atoms with E-state index in [2.05, 4.69) is 20.8 Å². The molecule has 3 aromatic rings. The van der Waals surface area contributed by atoms with Crippen molar-refractivity contribution in [3.63, 3.8) is 0 Å². The molecular formula is C32H42O6. The second kappa shape index (κ2) is 15.2. The Bertz CT molecular complexity index is 1210. The fourth-order valence-electron chi connectivity index (χ4n) is 4.64. The molecule has 6 nitrogen and oxygen atoms in total. The quantitative estimate of drug-likeness (QED) is 0.0909. The van der Waals surface area contributed by atoms with Crippen molar-refractivity contribution < 1.29 is 28.5 Å². The van der Waals surface area contributed by atoms with E-state index in [9.17, 15) is 9.59 Å². The lowest BCUT2D eigenvalue weighted by atomic mass is 9.94. The number of carbonyl (C=O) groups is 2. The number of fused-ring (bicyclic) bond motifs is 2. The summed E-state index contributed by atoms with van der Waals surface area (Å²) in [6.07, 6.45) is 8.13. The molecule has 0 radical (unpaired) electrons. The van der Waals surface area contributed by atoms with E-state index in [0.717, 1.165) is 74.3 Å². The molecule has 0 aliphatic rings. The number of unbranched alkanes of at least 4 members (excludes halogenated alkanes) is 6. The van der Waals surface area contributed by atoms with E-state index in [0.29, 0.717) is 47.3 Å². The summed E-state index contributed by atoms with van der Waals surface area (Å²) in [5.74, 6) is 0.841. The van der Waals surface area contributed by atoms with Crippen molar-refractivity contribution in [3.8, 4) is 11.5 Å². The summed E-state index contributed by atoms with van der Waals surface area (Å²) in [6.45, 7) is 9.03. The van der Waals surface area contributed by atoms with E-state index >= 15 is 0 Å². The molecule has 38 heavy (non-hydrogen) atoms. The lowest BCUT2D eigenvalue weighted by Gasteiger charge is -2.18. The average molecular weight is 523 g/mol. The fourth-order valence-corrected chi connectivity index (χ4v) is 4.64. The minimum Gasteiger partial charge on any atom is -0.434 e. The maximum Gasteiger partial charge on any atom is 0.513 e. The predicted octanol–water partition coefficient (Wildman–Crippen LogP) is 9.31. The number of hydrogen-bond donors (Lipinski definition) is 0. The van der Waals surface area contributed by atoms with E-state index in [1.54, 1.807) is 0 Å². The molecule has 3 rings (SSSR count). The summed E-state index contributed by atoms with van der Waals surface area (Å²) in [7, 11) is 0. The topological polar surface area (TPSA) is 71.1 Å². The van der Waals surface area contributed by atoms with Crippen molar-refractivity contribution in [3.05, 3.63) is 47.5 Å². The fraction of sp³-hybridized carbons (Fsp3) is 0.500. The average Bonchev–Trinajstić information content (AvgIpc) is 2.93. The van der Waals surface area contributed by atoms with Crippen molar-refractivity contribution in [1.82, 2.24) is 0 Å². The Balaban J connectivity index is 2.02. The van der Waals surface area contributed by atoms with Gasteiger partial charge in [-0.15, -0.1) is 0 Å². The van der Waals surface area contributed by atoms with E-state index in [-0.39, 0.29) is 0 Å². The first kappa shape index (κ1) is 29.3. The normalized spacial score (nSPS) is 11.1. The molecule has 0 heterocycles. The Hall–Kier alpha value is -3.28. The van der Waals surface area contributed by atoms with Crippen LogP contribution in [0.25, 0.3) is 21.5 Å². The minimum atomic E-state index is -0.729. The van der Waals surface area contributed by atoms with E-state index in [1.165, 1.54) is 0 Å². The van der Waals surface area contributed by atoms with Crippen molar-refractivity contribution in [2.24, 2.45) is 0 Å². The summed E-state index contributed by atoms with van der Waals surface area (Å²) in [4.78, 5) is 25.5. The smallest absolute Gasteiger partial charge is 0.434 e. The van der Waals surface area contributed by atoms with Crippen molar-refractivity contribution >= 4 is 33.9 Å². The summed E-state index contributed by atoms with van der Waals surface area (Å²) in [5, 5.41) is 2.81. The molecule has 0 aliphatic carbocycles. The maximum atomic E-state index is 12.8. The maximum absolute atomic E-state index is 12.8. The van der Waals surface area contributed by atoms with Crippen LogP contribution in [0.5, 0.6) is 11.5 Å². The predicted molar refractivity (Wildman–Crippen MR) is 152 cm³/mol. The zero-order valence-electron chi connectivity index (χ0n) is 23.4. The number of rotatable bonds is 14. The molecule has 0 bridgehead atoms. The van der Waals surface area contributed by atoms with Gasteiger partial charge in [0.2, 0.25) is 0 Å². The summed E-state index contributed by atoms with van der Waals surface area (Å²) in [6, 6.07) is 11.7. The van der Waals surface area contributed by atoms with Gasteiger partial charge in [-0.2, -0.15) is 0 Å². The second-order valence-corrected chi connectivity index (χ2v) is 9.61. The van der Waals surface area contributed by atoms with Gasteiger partial charge in [-0.3, -0.25) is 0 Å². The van der Waals surface area contributed by atoms with Crippen molar-refractivity contribution in [1.29, 1.82) is 0 Å². The molecule has 0 spiro atoms. The van der Waals surface area contributed by atoms with Crippen LogP contribution in [0.3, 0.4) is 0 Å². The number of hydrogen-bond acceptors (Lipinski definition) is 6. The highest BCUT2D eigenvalue weighted by molar-refractivity contribution is 6.13. The number of ether oxygens (including phenoxy) is 4. The van der Waals surface area contributed by atoms with Crippen molar-refractivity contribution in [2.75, 3.05) is 13.2 Å². The van der Waals surface area contributed by atoms with Crippen LogP contribution in [0.15, 0.2) is 36.4 Å². The number of carbonyl (C=O) groups excluding carboxylic acids is 2. The largest absolute Gasteiger partial charge is 0.513 e. The zero-order valence-corrected chi connectivity index (χ0v) is 23.4. The first-order chi connectivity index (χ1) is 18.5. The van der Waals surface area contributed by atoms with Crippen LogP contribution in [0, 0.1) is 0 Å². The van der Waals surface area contributed by atoms with Crippen molar-refractivity contribution in [2.45, 2.75) is 91.9 Å².